The van der Waals surface area contributed by atoms with Crippen molar-refractivity contribution in [3.8, 4) is 0 Å². The Morgan fingerprint density at radius 2 is 1.17 bits per heavy atom. The molecular weight excluding hydrogens is 141 g/mol. The maximum Gasteiger partial charge on any atom is 0.276 e. The molecule has 0 N–H and O–H groups in total. The third kappa shape index (κ3) is 94.9. The van der Waals surface area contributed by atoms with E-state index in [-0.39, 0.29) is 19.8 Å². The highest BCUT2D eigenvalue weighted by Crippen LogP contribution is 1.79. The number of rotatable bonds is 0. The van der Waals surface area contributed by atoms with Gasteiger partial charge in [0.1, 0.15) is 0 Å². The Bertz CT molecular complexity index is 29.0. The number of hydrogen-bond acceptors (Lipinski definition) is 3. The Kier molecular flexibility index (Phi) is 24.5. The molecule has 0 radical (unpaired) electrons. The highest BCUT2D eigenvalue weighted by molar-refractivity contribution is 7.27. The van der Waals surface area contributed by atoms with Crippen molar-refractivity contribution in [2.45, 2.75) is 0 Å². The molecule has 0 heterocycles. The van der Waals surface area contributed by atoms with E-state index in [1.54, 1.807) is 0 Å². The molecule has 0 fully saturated rings. The van der Waals surface area contributed by atoms with Crippen molar-refractivity contribution in [3.05, 3.63) is 0 Å². The monoisotopic (exact) mass is 149 g/mol. The van der Waals surface area contributed by atoms with Crippen LogP contribution in [0.15, 0.2) is 0 Å². The van der Waals surface area contributed by atoms with Crippen LogP contribution < -0.4 is 9.79 Å². The average molecular weight is 149 g/mol. The van der Waals surface area contributed by atoms with Gasteiger partial charge in [0.2, 0.25) is 0 Å². The molecule has 3 nitrogen and oxygen atoms in total. The molecule has 0 rings (SSSR count). The molecule has 0 saturated carbocycles. The largest absolute Gasteiger partial charge is 0.598 e. The van der Waals surface area contributed by atoms with E-state index in [1.165, 1.54) is 0 Å². The van der Waals surface area contributed by atoms with Crippen molar-refractivity contribution in [3.63, 3.8) is 0 Å². The summed E-state index contributed by atoms with van der Waals surface area (Å²) in [7, 11) is -3.37. The number of hydrogen-bond donors (Lipinski definition) is 0. The summed E-state index contributed by atoms with van der Waals surface area (Å²) >= 11 is 0. The van der Waals surface area contributed by atoms with Crippen LogP contribution in [-0.4, -0.2) is 0 Å². The van der Waals surface area contributed by atoms with Gasteiger partial charge in [-0.1, -0.05) is 4.57 Å². The van der Waals surface area contributed by atoms with Gasteiger partial charge in [0.25, 0.3) is 8.25 Å². The molecule has 0 aromatic carbocycles. The van der Waals surface area contributed by atoms with Gasteiger partial charge in [-0.3, -0.25) is 0 Å². The summed E-state index contributed by atoms with van der Waals surface area (Å²) in [6.07, 6.45) is 0. The molecule has 0 aliphatic carbocycles. The second-order valence-corrected chi connectivity index (χ2v) is 0.671. The summed E-state index contributed by atoms with van der Waals surface area (Å²) in [4.78, 5) is 17.0. The molecule has 0 amide bonds. The van der Waals surface area contributed by atoms with Gasteiger partial charge in [-0.25, -0.2) is 0 Å². The van der Waals surface area contributed by atoms with Gasteiger partial charge < -0.3 is 9.79 Å². The maximum absolute atomic E-state index is 8.48. The first-order valence-electron chi connectivity index (χ1n) is 0.548. The van der Waals surface area contributed by atoms with E-state index in [1.807, 2.05) is 0 Å². The van der Waals surface area contributed by atoms with Crippen LogP contribution in [0.1, 0.15) is 0 Å². The predicted octanol–water partition coefficient (Wildman–Crippen LogP) is -2.05. The fourth-order valence-electron chi connectivity index (χ4n) is 0. The minimum atomic E-state index is -3.37. The van der Waals surface area contributed by atoms with E-state index < -0.39 is 8.25 Å². The Morgan fingerprint density at radius 3 is 1.17 bits per heavy atom. The highest BCUT2D eigenvalue weighted by Gasteiger charge is 1.53. The normalized spacial score (nSPS) is 4.33. The van der Waals surface area contributed by atoms with Crippen molar-refractivity contribution < 1.29 is 14.4 Å². The fourth-order valence-corrected chi connectivity index (χ4v) is 0. The van der Waals surface area contributed by atoms with Gasteiger partial charge in [0.15, 0.2) is 0 Å². The van der Waals surface area contributed by atoms with Gasteiger partial charge in [-0.05, 0) is 19.8 Å². The van der Waals surface area contributed by atoms with Crippen LogP contribution >= 0.6 is 28.1 Å². The molecule has 2 atom stereocenters. The summed E-state index contributed by atoms with van der Waals surface area (Å²) in [5, 5.41) is 0. The van der Waals surface area contributed by atoms with Crippen molar-refractivity contribution in [2.75, 3.05) is 0 Å². The molecular formula is H8O3P3+. The Labute approximate surface area is 43.3 Å². The Balaban J connectivity index is -0.0000000450. The van der Waals surface area contributed by atoms with E-state index in [0.717, 1.165) is 0 Å². The molecule has 0 aliphatic rings. The van der Waals surface area contributed by atoms with Gasteiger partial charge in [0, 0.05) is 0 Å². The van der Waals surface area contributed by atoms with Crippen molar-refractivity contribution in [2.24, 2.45) is 0 Å². The third-order valence-corrected chi connectivity index (χ3v) is 0. The molecule has 0 aromatic rings. The van der Waals surface area contributed by atoms with Crippen LogP contribution in [-0.2, 0) is 4.57 Å². The Hall–Kier alpha value is 0.880. The third-order valence-electron chi connectivity index (χ3n) is 0. The molecule has 2 unspecified atom stereocenters. The molecule has 0 saturated heterocycles. The topological polar surface area (TPSA) is 63.2 Å². The molecule has 0 aromatic heterocycles. The van der Waals surface area contributed by atoms with Crippen LogP contribution in [0.2, 0.25) is 0 Å². The van der Waals surface area contributed by atoms with Gasteiger partial charge in [0.05, 0.1) is 0 Å². The predicted molar refractivity (Wildman–Crippen MR) is 32.6 cm³/mol. The quantitative estimate of drug-likeness (QED) is 0.372. The van der Waals surface area contributed by atoms with Crippen LogP contribution in [0, 0.1) is 0 Å². The first-order valence-corrected chi connectivity index (χ1v) is 1.64. The zero-order chi connectivity index (χ0) is 3.58. The van der Waals surface area contributed by atoms with E-state index in [2.05, 4.69) is 0 Å². The summed E-state index contributed by atoms with van der Waals surface area (Å²) in [5.41, 5.74) is 0. The van der Waals surface area contributed by atoms with E-state index >= 15 is 0 Å². The van der Waals surface area contributed by atoms with Gasteiger partial charge in [-0.2, -0.15) is 0 Å². The second kappa shape index (κ2) is 9.30. The molecule has 0 bridgehead atoms. The molecule has 6 heteroatoms. The fraction of sp³-hybridized carbons (Fsp3) is 0. The van der Waals surface area contributed by atoms with Crippen LogP contribution in [0.25, 0.3) is 0 Å². The zero-order valence-corrected chi connectivity index (χ0v) is 8.57. The van der Waals surface area contributed by atoms with Crippen LogP contribution in [0.5, 0.6) is 0 Å². The first kappa shape index (κ1) is 15.8. The van der Waals surface area contributed by atoms with Gasteiger partial charge in [-0.15, -0.1) is 0 Å². The first-order chi connectivity index (χ1) is 1.73. The standard InChI is InChI=1S/HO3P.2H3P/c1-4(2)3;;/h(H,1,2,3);2*1H3/p+1. The maximum atomic E-state index is 8.48. The molecule has 6 heavy (non-hydrogen) atoms. The van der Waals surface area contributed by atoms with Gasteiger partial charge >= 0.3 is 0 Å². The van der Waals surface area contributed by atoms with Crippen LogP contribution in [0.4, 0.5) is 0 Å². The molecule has 0 spiro atoms. The van der Waals surface area contributed by atoms with Crippen molar-refractivity contribution in [1.29, 1.82) is 0 Å². The minimum absolute atomic E-state index is 0. The average Bonchev–Trinajstić information content (AvgIpc) is 0.811. The van der Waals surface area contributed by atoms with Crippen molar-refractivity contribution in [1.82, 2.24) is 0 Å². The lowest BCUT2D eigenvalue weighted by molar-refractivity contribution is -0.297. The zero-order valence-electron chi connectivity index (χ0n) is 3.67. The smallest absolute Gasteiger partial charge is 0.276 e. The summed E-state index contributed by atoms with van der Waals surface area (Å²) in [6.45, 7) is 0. The van der Waals surface area contributed by atoms with Crippen molar-refractivity contribution >= 4 is 28.1 Å². The lowest BCUT2D eigenvalue weighted by atomic mass is 15.8. The van der Waals surface area contributed by atoms with E-state index in [4.69, 9.17) is 14.4 Å². The summed E-state index contributed by atoms with van der Waals surface area (Å²) in [6, 6.07) is 0. The Morgan fingerprint density at radius 1 is 1.17 bits per heavy atom. The van der Waals surface area contributed by atoms with E-state index in [0.29, 0.717) is 0 Å². The SMILES string of the molecule is O=[P+]([O-])[O-].[PH4+].[PH4+]. The lowest BCUT2D eigenvalue weighted by Crippen LogP contribution is -1.97. The summed E-state index contributed by atoms with van der Waals surface area (Å²) in [5.74, 6) is 0. The van der Waals surface area contributed by atoms with Crippen LogP contribution in [0.3, 0.4) is 0 Å². The summed E-state index contributed by atoms with van der Waals surface area (Å²) < 4.78 is 8.48. The molecule has 0 aliphatic heterocycles. The second-order valence-electron chi connectivity index (χ2n) is 0.224. The highest BCUT2D eigenvalue weighted by atomic mass is 31.1. The minimum Gasteiger partial charge on any atom is -0.598 e. The lowest BCUT2D eigenvalue weighted by Gasteiger charge is -1.75. The van der Waals surface area contributed by atoms with E-state index in [9.17, 15) is 0 Å². The molecule has 40 valence electrons.